The van der Waals surface area contributed by atoms with Crippen LogP contribution < -0.4 is 5.32 Å². The zero-order chi connectivity index (χ0) is 14.2. The molecule has 1 nitrogen and oxygen atoms in total. The van der Waals surface area contributed by atoms with Crippen molar-refractivity contribution >= 4 is 27.7 Å². The van der Waals surface area contributed by atoms with Crippen LogP contribution in [0, 0.1) is 0 Å². The van der Waals surface area contributed by atoms with Gasteiger partial charge in [-0.25, -0.2) is 0 Å². The minimum absolute atomic E-state index is 0.407. The SMILES string of the molecule is CCCNC(CSc1ccc(Br)cc1)c1ccccc1. The van der Waals surface area contributed by atoms with Crippen molar-refractivity contribution in [1.29, 1.82) is 0 Å². The molecule has 0 amide bonds. The smallest absolute Gasteiger partial charge is 0.0415 e. The van der Waals surface area contributed by atoms with Crippen molar-refractivity contribution < 1.29 is 0 Å². The van der Waals surface area contributed by atoms with Crippen LogP contribution in [-0.2, 0) is 0 Å². The first-order valence-corrected chi connectivity index (χ1v) is 8.74. The molecule has 0 heterocycles. The number of thioether (sulfide) groups is 1. The largest absolute Gasteiger partial charge is 0.309 e. The molecule has 0 aromatic heterocycles. The third kappa shape index (κ3) is 4.97. The fourth-order valence-corrected chi connectivity index (χ4v) is 3.25. The summed E-state index contributed by atoms with van der Waals surface area (Å²) in [7, 11) is 0. The van der Waals surface area contributed by atoms with E-state index in [-0.39, 0.29) is 0 Å². The highest BCUT2D eigenvalue weighted by Crippen LogP contribution is 2.26. The molecule has 0 aliphatic heterocycles. The summed E-state index contributed by atoms with van der Waals surface area (Å²) in [5.74, 6) is 1.05. The van der Waals surface area contributed by atoms with E-state index < -0.39 is 0 Å². The first-order chi connectivity index (χ1) is 9.79. The Morgan fingerprint density at radius 2 is 1.75 bits per heavy atom. The lowest BCUT2D eigenvalue weighted by atomic mass is 10.1. The second-order valence-corrected chi connectivity index (χ2v) is 6.69. The van der Waals surface area contributed by atoms with Crippen LogP contribution in [0.5, 0.6) is 0 Å². The average Bonchev–Trinajstić information content (AvgIpc) is 2.50. The molecule has 2 aromatic rings. The fraction of sp³-hybridized carbons (Fsp3) is 0.294. The minimum atomic E-state index is 0.407. The highest BCUT2D eigenvalue weighted by atomic mass is 79.9. The van der Waals surface area contributed by atoms with Crippen molar-refractivity contribution in [2.45, 2.75) is 24.3 Å². The lowest BCUT2D eigenvalue weighted by Crippen LogP contribution is -2.24. The number of hydrogen-bond donors (Lipinski definition) is 1. The van der Waals surface area contributed by atoms with Crippen molar-refractivity contribution in [3.63, 3.8) is 0 Å². The Labute approximate surface area is 134 Å². The van der Waals surface area contributed by atoms with Gasteiger partial charge in [-0.2, -0.15) is 0 Å². The van der Waals surface area contributed by atoms with E-state index in [9.17, 15) is 0 Å². The number of rotatable bonds is 7. The van der Waals surface area contributed by atoms with E-state index in [2.05, 4.69) is 82.8 Å². The first-order valence-electron chi connectivity index (χ1n) is 6.96. The maximum absolute atomic E-state index is 3.64. The van der Waals surface area contributed by atoms with Gasteiger partial charge in [-0.1, -0.05) is 53.2 Å². The van der Waals surface area contributed by atoms with Crippen LogP contribution in [0.4, 0.5) is 0 Å². The molecule has 1 N–H and O–H groups in total. The van der Waals surface area contributed by atoms with E-state index in [0.717, 1.165) is 23.2 Å². The Morgan fingerprint density at radius 1 is 1.05 bits per heavy atom. The second kappa shape index (κ2) is 8.50. The monoisotopic (exact) mass is 349 g/mol. The number of hydrogen-bond acceptors (Lipinski definition) is 2. The molecule has 0 bridgehead atoms. The topological polar surface area (TPSA) is 12.0 Å². The van der Waals surface area contributed by atoms with Crippen molar-refractivity contribution in [2.24, 2.45) is 0 Å². The predicted octanol–water partition coefficient (Wildman–Crippen LogP) is 5.28. The zero-order valence-corrected chi connectivity index (χ0v) is 14.1. The minimum Gasteiger partial charge on any atom is -0.309 e. The molecule has 2 rings (SSSR count). The molecule has 1 unspecified atom stereocenters. The third-order valence-corrected chi connectivity index (χ3v) is 4.71. The molecule has 0 aliphatic carbocycles. The Kier molecular flexibility index (Phi) is 6.64. The summed E-state index contributed by atoms with van der Waals surface area (Å²) in [6.45, 7) is 3.26. The van der Waals surface area contributed by atoms with Gasteiger partial charge >= 0.3 is 0 Å². The average molecular weight is 350 g/mol. The van der Waals surface area contributed by atoms with Crippen molar-refractivity contribution in [2.75, 3.05) is 12.3 Å². The van der Waals surface area contributed by atoms with E-state index in [0.29, 0.717) is 6.04 Å². The Hall–Kier alpha value is -0.770. The molecule has 106 valence electrons. The van der Waals surface area contributed by atoms with Crippen molar-refractivity contribution in [3.05, 3.63) is 64.6 Å². The van der Waals surface area contributed by atoms with Gasteiger partial charge in [0.2, 0.25) is 0 Å². The molecule has 0 aliphatic rings. The summed E-state index contributed by atoms with van der Waals surface area (Å²) < 4.78 is 1.13. The van der Waals surface area contributed by atoms with Gasteiger partial charge in [0.05, 0.1) is 0 Å². The normalized spacial score (nSPS) is 12.3. The standard InChI is InChI=1S/C17H20BrNS/c1-2-12-19-17(14-6-4-3-5-7-14)13-20-16-10-8-15(18)9-11-16/h3-11,17,19H,2,12-13H2,1H3. The van der Waals surface area contributed by atoms with Crippen LogP contribution >= 0.6 is 27.7 Å². The van der Waals surface area contributed by atoms with Crippen LogP contribution in [0.2, 0.25) is 0 Å². The van der Waals surface area contributed by atoms with E-state index in [1.54, 1.807) is 0 Å². The maximum Gasteiger partial charge on any atom is 0.0415 e. The molecular formula is C17H20BrNS. The van der Waals surface area contributed by atoms with Crippen molar-refractivity contribution in [1.82, 2.24) is 5.32 Å². The predicted molar refractivity (Wildman–Crippen MR) is 92.3 cm³/mol. The third-order valence-electron chi connectivity index (χ3n) is 3.07. The molecular weight excluding hydrogens is 330 g/mol. The van der Waals surface area contributed by atoms with Crippen LogP contribution in [0.3, 0.4) is 0 Å². The van der Waals surface area contributed by atoms with Gasteiger partial charge in [-0.3, -0.25) is 0 Å². The van der Waals surface area contributed by atoms with Crippen LogP contribution in [0.1, 0.15) is 24.9 Å². The van der Waals surface area contributed by atoms with E-state index >= 15 is 0 Å². The van der Waals surface area contributed by atoms with Crippen LogP contribution in [0.25, 0.3) is 0 Å². The summed E-state index contributed by atoms with van der Waals surface area (Å²) >= 11 is 5.37. The second-order valence-electron chi connectivity index (χ2n) is 4.68. The van der Waals surface area contributed by atoms with Gasteiger partial charge in [-0.05, 0) is 42.8 Å². The molecule has 1 atom stereocenters. The Bertz CT molecular complexity index is 498. The van der Waals surface area contributed by atoms with Gasteiger partial charge in [0.1, 0.15) is 0 Å². The number of benzene rings is 2. The van der Waals surface area contributed by atoms with Gasteiger partial charge < -0.3 is 5.32 Å². The summed E-state index contributed by atoms with van der Waals surface area (Å²) in [5, 5.41) is 3.64. The summed E-state index contributed by atoms with van der Waals surface area (Å²) in [5.41, 5.74) is 1.37. The number of halogens is 1. The quantitative estimate of drug-likeness (QED) is 0.682. The summed E-state index contributed by atoms with van der Waals surface area (Å²) in [6, 6.07) is 19.6. The highest BCUT2D eigenvalue weighted by Gasteiger charge is 2.10. The molecule has 0 radical (unpaired) electrons. The highest BCUT2D eigenvalue weighted by molar-refractivity contribution is 9.10. The fourth-order valence-electron chi connectivity index (χ4n) is 1.99. The zero-order valence-electron chi connectivity index (χ0n) is 11.7. The maximum atomic E-state index is 3.64. The lowest BCUT2D eigenvalue weighted by Gasteiger charge is -2.18. The molecule has 0 saturated heterocycles. The molecule has 20 heavy (non-hydrogen) atoms. The van der Waals surface area contributed by atoms with Gasteiger partial charge in [0.25, 0.3) is 0 Å². The van der Waals surface area contributed by atoms with E-state index in [4.69, 9.17) is 0 Å². The van der Waals surface area contributed by atoms with Crippen LogP contribution in [-0.4, -0.2) is 12.3 Å². The molecule has 3 heteroatoms. The summed E-state index contributed by atoms with van der Waals surface area (Å²) in [4.78, 5) is 1.31. The van der Waals surface area contributed by atoms with Gasteiger partial charge in [-0.15, -0.1) is 11.8 Å². The van der Waals surface area contributed by atoms with E-state index in [1.807, 2.05) is 11.8 Å². The molecule has 0 saturated carbocycles. The lowest BCUT2D eigenvalue weighted by molar-refractivity contribution is 0.577. The van der Waals surface area contributed by atoms with Gasteiger partial charge in [0, 0.05) is 21.2 Å². The number of nitrogens with one attached hydrogen (secondary N) is 1. The molecule has 0 spiro atoms. The molecule has 2 aromatic carbocycles. The van der Waals surface area contributed by atoms with Crippen molar-refractivity contribution in [3.8, 4) is 0 Å². The van der Waals surface area contributed by atoms with Gasteiger partial charge in [0.15, 0.2) is 0 Å². The van der Waals surface area contributed by atoms with Crippen LogP contribution in [0.15, 0.2) is 64.0 Å². The first kappa shape index (κ1) is 15.6. The Balaban J connectivity index is 1.99. The molecule has 0 fully saturated rings. The Morgan fingerprint density at radius 3 is 2.40 bits per heavy atom. The van der Waals surface area contributed by atoms with E-state index in [1.165, 1.54) is 10.5 Å². The summed E-state index contributed by atoms with van der Waals surface area (Å²) in [6.07, 6.45) is 1.16.